The van der Waals surface area contributed by atoms with Crippen LogP contribution in [0.2, 0.25) is 0 Å². The first-order valence-corrected chi connectivity index (χ1v) is 6.61. The van der Waals surface area contributed by atoms with Crippen molar-refractivity contribution in [1.29, 1.82) is 0 Å². The highest BCUT2D eigenvalue weighted by molar-refractivity contribution is 6.02. The van der Waals surface area contributed by atoms with Gasteiger partial charge in [0, 0.05) is 5.71 Å². The molecule has 2 aromatic rings. The van der Waals surface area contributed by atoms with E-state index in [0.717, 1.165) is 30.0 Å². The van der Waals surface area contributed by atoms with Gasteiger partial charge in [0.25, 0.3) is 0 Å². The Balaban J connectivity index is 2.41. The number of methoxy groups -OCH3 is 1. The molecule has 0 saturated heterocycles. The fourth-order valence-corrected chi connectivity index (χ4v) is 2.00. The van der Waals surface area contributed by atoms with Crippen LogP contribution in [0.1, 0.15) is 25.3 Å². The van der Waals surface area contributed by atoms with Gasteiger partial charge in [-0.1, -0.05) is 55.8 Å². The lowest BCUT2D eigenvalue weighted by Crippen LogP contribution is -1.99. The van der Waals surface area contributed by atoms with E-state index in [-0.39, 0.29) is 0 Å². The Morgan fingerprint density at radius 2 is 1.68 bits per heavy atom. The molecule has 0 amide bonds. The predicted molar refractivity (Wildman–Crippen MR) is 80.5 cm³/mol. The molecule has 0 spiro atoms. The van der Waals surface area contributed by atoms with Crippen molar-refractivity contribution in [2.45, 2.75) is 19.8 Å². The molecule has 2 aromatic carbocycles. The van der Waals surface area contributed by atoms with Crippen LogP contribution < -0.4 is 4.74 Å². The number of rotatable bonds is 5. The van der Waals surface area contributed by atoms with Crippen LogP contribution in [0.3, 0.4) is 0 Å². The van der Waals surface area contributed by atoms with Gasteiger partial charge in [-0.15, -0.1) is 0 Å². The third-order valence-electron chi connectivity index (χ3n) is 2.93. The molecular formula is C17H19NO. The summed E-state index contributed by atoms with van der Waals surface area (Å²) in [6.07, 6.45) is 2.03. The van der Waals surface area contributed by atoms with Crippen LogP contribution in [-0.2, 0) is 0 Å². The molecule has 0 aliphatic carbocycles. The molecule has 98 valence electrons. The third kappa shape index (κ3) is 3.44. The van der Waals surface area contributed by atoms with E-state index < -0.39 is 0 Å². The van der Waals surface area contributed by atoms with Crippen molar-refractivity contribution >= 4 is 11.4 Å². The van der Waals surface area contributed by atoms with Crippen molar-refractivity contribution in [1.82, 2.24) is 0 Å². The van der Waals surface area contributed by atoms with E-state index in [0.29, 0.717) is 0 Å². The van der Waals surface area contributed by atoms with Crippen LogP contribution in [-0.4, -0.2) is 12.8 Å². The number of benzene rings is 2. The molecule has 0 heterocycles. The van der Waals surface area contributed by atoms with E-state index in [1.165, 1.54) is 5.56 Å². The van der Waals surface area contributed by atoms with Crippen molar-refractivity contribution in [2.75, 3.05) is 7.11 Å². The van der Waals surface area contributed by atoms with Crippen LogP contribution >= 0.6 is 0 Å². The van der Waals surface area contributed by atoms with Gasteiger partial charge in [0.1, 0.15) is 11.4 Å². The monoisotopic (exact) mass is 253 g/mol. The van der Waals surface area contributed by atoms with Crippen LogP contribution in [0.5, 0.6) is 5.75 Å². The van der Waals surface area contributed by atoms with E-state index in [2.05, 4.69) is 19.1 Å². The van der Waals surface area contributed by atoms with E-state index in [1.807, 2.05) is 42.5 Å². The summed E-state index contributed by atoms with van der Waals surface area (Å²) >= 11 is 0. The topological polar surface area (TPSA) is 21.6 Å². The van der Waals surface area contributed by atoms with E-state index >= 15 is 0 Å². The van der Waals surface area contributed by atoms with E-state index in [4.69, 9.17) is 9.73 Å². The third-order valence-corrected chi connectivity index (χ3v) is 2.93. The largest absolute Gasteiger partial charge is 0.494 e. The molecule has 0 aliphatic heterocycles. The molecule has 0 N–H and O–H groups in total. The van der Waals surface area contributed by atoms with Gasteiger partial charge in [0.2, 0.25) is 0 Å². The smallest absolute Gasteiger partial charge is 0.144 e. The molecular weight excluding hydrogens is 234 g/mol. The van der Waals surface area contributed by atoms with Gasteiger partial charge in [-0.25, -0.2) is 4.99 Å². The number of hydrogen-bond donors (Lipinski definition) is 0. The second kappa shape index (κ2) is 6.74. The van der Waals surface area contributed by atoms with Crippen molar-refractivity contribution in [2.24, 2.45) is 4.99 Å². The average Bonchev–Trinajstić information content (AvgIpc) is 2.48. The minimum atomic E-state index is 0.812. The van der Waals surface area contributed by atoms with Crippen LogP contribution in [0, 0.1) is 0 Å². The van der Waals surface area contributed by atoms with Gasteiger partial charge < -0.3 is 4.74 Å². The fourth-order valence-electron chi connectivity index (χ4n) is 2.00. The molecule has 0 aliphatic rings. The van der Waals surface area contributed by atoms with Crippen molar-refractivity contribution in [3.8, 4) is 5.75 Å². The van der Waals surface area contributed by atoms with Crippen molar-refractivity contribution < 1.29 is 4.74 Å². The number of ether oxygens (including phenoxy) is 1. The number of aliphatic imine (C=N–C) groups is 1. The zero-order valence-electron chi connectivity index (χ0n) is 11.5. The first kappa shape index (κ1) is 13.3. The lowest BCUT2D eigenvalue weighted by molar-refractivity contribution is 0.416. The van der Waals surface area contributed by atoms with Gasteiger partial charge in [-0.05, 0) is 24.1 Å². The highest BCUT2D eigenvalue weighted by Crippen LogP contribution is 2.27. The summed E-state index contributed by atoms with van der Waals surface area (Å²) in [4.78, 5) is 4.78. The summed E-state index contributed by atoms with van der Waals surface area (Å²) < 4.78 is 5.35. The zero-order valence-corrected chi connectivity index (χ0v) is 11.5. The summed E-state index contributed by atoms with van der Waals surface area (Å²) in [6, 6.07) is 18.2. The minimum absolute atomic E-state index is 0.812. The second-order valence-electron chi connectivity index (χ2n) is 4.35. The Morgan fingerprint density at radius 1 is 1.00 bits per heavy atom. The number of para-hydroxylation sites is 2. The van der Waals surface area contributed by atoms with Crippen LogP contribution in [0.15, 0.2) is 59.6 Å². The summed E-state index contributed by atoms with van der Waals surface area (Å²) in [6.45, 7) is 2.17. The normalized spacial score (nSPS) is 11.4. The van der Waals surface area contributed by atoms with Gasteiger partial charge in [0.15, 0.2) is 0 Å². The van der Waals surface area contributed by atoms with Crippen molar-refractivity contribution in [3.05, 3.63) is 60.2 Å². The van der Waals surface area contributed by atoms with Crippen LogP contribution in [0.4, 0.5) is 5.69 Å². The number of nitrogens with zero attached hydrogens (tertiary/aromatic N) is 1. The first-order valence-electron chi connectivity index (χ1n) is 6.61. The highest BCUT2D eigenvalue weighted by atomic mass is 16.5. The summed E-state index contributed by atoms with van der Waals surface area (Å²) in [5, 5.41) is 0. The molecule has 0 fully saturated rings. The Hall–Kier alpha value is -2.09. The van der Waals surface area contributed by atoms with Crippen molar-refractivity contribution in [3.63, 3.8) is 0 Å². The van der Waals surface area contributed by atoms with E-state index in [1.54, 1.807) is 7.11 Å². The Morgan fingerprint density at radius 3 is 2.37 bits per heavy atom. The Labute approximate surface area is 114 Å². The summed E-state index contributed by atoms with van der Waals surface area (Å²) in [5.41, 5.74) is 3.17. The SMILES string of the molecule is CCCC(=Nc1ccccc1OC)c1ccccc1. The molecule has 2 heteroatoms. The number of hydrogen-bond acceptors (Lipinski definition) is 2. The molecule has 2 nitrogen and oxygen atoms in total. The van der Waals surface area contributed by atoms with Gasteiger partial charge >= 0.3 is 0 Å². The lowest BCUT2D eigenvalue weighted by atomic mass is 10.1. The Kier molecular flexibility index (Phi) is 4.73. The molecule has 0 aromatic heterocycles. The van der Waals surface area contributed by atoms with Gasteiger partial charge in [-0.3, -0.25) is 0 Å². The fraction of sp³-hybridized carbons (Fsp3) is 0.235. The highest BCUT2D eigenvalue weighted by Gasteiger charge is 2.05. The molecule has 0 unspecified atom stereocenters. The lowest BCUT2D eigenvalue weighted by Gasteiger charge is -2.08. The molecule has 0 saturated carbocycles. The summed E-state index contributed by atoms with van der Waals surface area (Å²) in [5.74, 6) is 0.812. The summed E-state index contributed by atoms with van der Waals surface area (Å²) in [7, 11) is 1.68. The van der Waals surface area contributed by atoms with Gasteiger partial charge in [-0.2, -0.15) is 0 Å². The maximum atomic E-state index is 5.35. The standard InChI is InChI=1S/C17H19NO/c1-3-9-15(14-10-5-4-6-11-14)18-16-12-7-8-13-17(16)19-2/h4-8,10-13H,3,9H2,1-2H3. The van der Waals surface area contributed by atoms with E-state index in [9.17, 15) is 0 Å². The molecule has 0 bridgehead atoms. The quantitative estimate of drug-likeness (QED) is 0.713. The maximum Gasteiger partial charge on any atom is 0.144 e. The first-order chi connectivity index (χ1) is 9.35. The average molecular weight is 253 g/mol. The molecule has 0 radical (unpaired) electrons. The van der Waals surface area contributed by atoms with Gasteiger partial charge in [0.05, 0.1) is 7.11 Å². The molecule has 0 atom stereocenters. The molecule has 19 heavy (non-hydrogen) atoms. The minimum Gasteiger partial charge on any atom is -0.494 e. The Bertz CT molecular complexity index is 546. The second-order valence-corrected chi connectivity index (χ2v) is 4.35. The maximum absolute atomic E-state index is 5.35. The van der Waals surface area contributed by atoms with Crippen LogP contribution in [0.25, 0.3) is 0 Å². The predicted octanol–water partition coefficient (Wildman–Crippen LogP) is 4.62. The zero-order chi connectivity index (χ0) is 13.5. The molecule has 2 rings (SSSR count).